The Morgan fingerprint density at radius 2 is 1.79 bits per heavy atom. The highest BCUT2D eigenvalue weighted by Crippen LogP contribution is 2.26. The van der Waals surface area contributed by atoms with Crippen LogP contribution in [0.15, 0.2) is 52.7 Å². The van der Waals surface area contributed by atoms with Crippen LogP contribution in [0.4, 0.5) is 5.13 Å². The molecule has 1 amide bonds. The molecule has 0 aliphatic heterocycles. The van der Waals surface area contributed by atoms with Crippen LogP contribution in [-0.2, 0) is 14.9 Å². The number of hydrogen-bond acceptors (Lipinski definition) is 6. The van der Waals surface area contributed by atoms with Crippen LogP contribution in [0, 0.1) is 13.8 Å². The average molecular weight is 418 g/mol. The Labute approximate surface area is 167 Å². The Morgan fingerprint density at radius 3 is 2.43 bits per heavy atom. The van der Waals surface area contributed by atoms with Crippen molar-refractivity contribution < 1.29 is 18.0 Å². The van der Waals surface area contributed by atoms with Gasteiger partial charge in [-0.25, -0.2) is 13.4 Å². The summed E-state index contributed by atoms with van der Waals surface area (Å²) in [5.41, 5.74) is 4.47. The van der Waals surface area contributed by atoms with Crippen LogP contribution >= 0.6 is 11.3 Å². The van der Waals surface area contributed by atoms with Crippen LogP contribution in [0.1, 0.15) is 21.5 Å². The molecular weight excluding hydrogens is 398 g/mol. The molecule has 3 rings (SSSR count). The van der Waals surface area contributed by atoms with Crippen molar-refractivity contribution >= 4 is 32.4 Å². The van der Waals surface area contributed by atoms with E-state index in [1.807, 2.05) is 36.2 Å². The highest BCUT2D eigenvalue weighted by molar-refractivity contribution is 7.89. The van der Waals surface area contributed by atoms with E-state index in [4.69, 9.17) is 0 Å². The maximum atomic E-state index is 12.4. The SMILES string of the molecule is CONS(=O)(=O)c1ccc(C(=O)Nc2nc(-c3ccc(C)c(C)c3)cs2)cc1. The summed E-state index contributed by atoms with van der Waals surface area (Å²) in [5.74, 6) is -0.371. The minimum Gasteiger partial charge on any atom is -0.298 e. The van der Waals surface area contributed by atoms with E-state index >= 15 is 0 Å². The number of anilines is 1. The monoisotopic (exact) mass is 417 g/mol. The third-order valence-electron chi connectivity index (χ3n) is 4.15. The number of rotatable bonds is 6. The second-order valence-electron chi connectivity index (χ2n) is 6.11. The molecule has 28 heavy (non-hydrogen) atoms. The lowest BCUT2D eigenvalue weighted by Crippen LogP contribution is -2.22. The number of sulfonamides is 1. The molecule has 0 aliphatic rings. The van der Waals surface area contributed by atoms with Gasteiger partial charge in [0, 0.05) is 16.5 Å². The minimum atomic E-state index is -3.76. The lowest BCUT2D eigenvalue weighted by Gasteiger charge is -2.06. The number of hydrogen-bond donors (Lipinski definition) is 2. The second kappa shape index (κ2) is 8.19. The van der Waals surface area contributed by atoms with Gasteiger partial charge in [0.05, 0.1) is 17.7 Å². The van der Waals surface area contributed by atoms with Gasteiger partial charge < -0.3 is 0 Å². The zero-order valence-corrected chi connectivity index (χ0v) is 17.1. The molecule has 0 fully saturated rings. The van der Waals surface area contributed by atoms with Gasteiger partial charge in [0.2, 0.25) is 0 Å². The predicted octanol–water partition coefficient (Wildman–Crippen LogP) is 3.52. The van der Waals surface area contributed by atoms with Gasteiger partial charge in [0.25, 0.3) is 15.9 Å². The molecule has 0 unspecified atom stereocenters. The van der Waals surface area contributed by atoms with Crippen molar-refractivity contribution in [2.75, 3.05) is 12.4 Å². The molecule has 0 bridgehead atoms. The smallest absolute Gasteiger partial charge is 0.262 e. The molecule has 0 aliphatic carbocycles. The molecule has 146 valence electrons. The average Bonchev–Trinajstić information content (AvgIpc) is 3.12. The first-order valence-electron chi connectivity index (χ1n) is 8.29. The molecule has 0 atom stereocenters. The summed E-state index contributed by atoms with van der Waals surface area (Å²) >= 11 is 1.33. The van der Waals surface area contributed by atoms with E-state index in [0.717, 1.165) is 11.3 Å². The number of benzene rings is 2. The largest absolute Gasteiger partial charge is 0.298 e. The maximum absolute atomic E-state index is 12.4. The van der Waals surface area contributed by atoms with Crippen LogP contribution in [0.25, 0.3) is 11.3 Å². The number of thiazole rings is 1. The zero-order valence-electron chi connectivity index (χ0n) is 15.5. The van der Waals surface area contributed by atoms with Crippen molar-refractivity contribution in [3.8, 4) is 11.3 Å². The Bertz CT molecular complexity index is 1110. The van der Waals surface area contributed by atoms with Gasteiger partial charge in [-0.3, -0.25) is 14.9 Å². The van der Waals surface area contributed by atoms with Crippen LogP contribution in [0.3, 0.4) is 0 Å². The number of carbonyl (C=O) groups excluding carboxylic acids is 1. The van der Waals surface area contributed by atoms with E-state index in [0.29, 0.717) is 10.7 Å². The van der Waals surface area contributed by atoms with E-state index in [9.17, 15) is 13.2 Å². The molecule has 2 N–H and O–H groups in total. The van der Waals surface area contributed by atoms with E-state index in [-0.39, 0.29) is 10.8 Å². The second-order valence-corrected chi connectivity index (χ2v) is 8.61. The number of nitrogens with zero attached hydrogens (tertiary/aromatic N) is 1. The molecule has 0 radical (unpaired) electrons. The van der Waals surface area contributed by atoms with E-state index in [1.165, 1.54) is 53.8 Å². The van der Waals surface area contributed by atoms with Gasteiger partial charge in [0.1, 0.15) is 0 Å². The maximum Gasteiger partial charge on any atom is 0.262 e. The Balaban J connectivity index is 1.73. The fourth-order valence-electron chi connectivity index (χ4n) is 2.48. The lowest BCUT2D eigenvalue weighted by molar-refractivity contribution is 0.102. The summed E-state index contributed by atoms with van der Waals surface area (Å²) in [6.07, 6.45) is 0. The standard InChI is InChI=1S/C19H19N3O4S2/c1-12-4-5-15(10-13(12)2)17-11-27-19(20-17)21-18(23)14-6-8-16(9-7-14)28(24,25)22-26-3/h4-11,22H,1-3H3,(H,20,21,23). The van der Waals surface area contributed by atoms with Gasteiger partial charge in [0.15, 0.2) is 5.13 Å². The zero-order chi connectivity index (χ0) is 20.3. The molecule has 7 nitrogen and oxygen atoms in total. The van der Waals surface area contributed by atoms with Gasteiger partial charge in [-0.05, 0) is 55.3 Å². The van der Waals surface area contributed by atoms with Crippen molar-refractivity contribution in [2.45, 2.75) is 18.7 Å². The number of aryl methyl sites for hydroxylation is 2. The van der Waals surface area contributed by atoms with Gasteiger partial charge in [-0.1, -0.05) is 17.0 Å². The molecule has 1 aromatic heterocycles. The van der Waals surface area contributed by atoms with Gasteiger partial charge in [-0.15, -0.1) is 11.3 Å². The van der Waals surface area contributed by atoms with Crippen molar-refractivity contribution in [2.24, 2.45) is 0 Å². The summed E-state index contributed by atoms with van der Waals surface area (Å²) in [6, 6.07) is 11.6. The molecule has 3 aromatic rings. The van der Waals surface area contributed by atoms with E-state index in [2.05, 4.69) is 21.2 Å². The molecule has 0 spiro atoms. The molecule has 9 heteroatoms. The van der Waals surface area contributed by atoms with Crippen molar-refractivity contribution in [1.29, 1.82) is 0 Å². The summed E-state index contributed by atoms with van der Waals surface area (Å²) in [5, 5.41) is 5.09. The number of aromatic nitrogens is 1. The Kier molecular flexibility index (Phi) is 5.90. The topological polar surface area (TPSA) is 97.4 Å². The molecular formula is C19H19N3O4S2. The highest BCUT2D eigenvalue weighted by Gasteiger charge is 2.15. The number of carbonyl (C=O) groups is 1. The van der Waals surface area contributed by atoms with Crippen molar-refractivity contribution in [3.05, 3.63) is 64.5 Å². The van der Waals surface area contributed by atoms with Crippen molar-refractivity contribution in [1.82, 2.24) is 9.87 Å². The van der Waals surface area contributed by atoms with Crippen LogP contribution < -0.4 is 10.2 Å². The Hall–Kier alpha value is -2.59. The first-order valence-corrected chi connectivity index (χ1v) is 10.7. The summed E-state index contributed by atoms with van der Waals surface area (Å²) in [6.45, 7) is 4.09. The first kappa shape index (κ1) is 20.2. The number of amides is 1. The van der Waals surface area contributed by atoms with Gasteiger partial charge in [-0.2, -0.15) is 0 Å². The molecule has 0 saturated carbocycles. The minimum absolute atomic E-state index is 0.00262. The predicted molar refractivity (Wildman–Crippen MR) is 109 cm³/mol. The quantitative estimate of drug-likeness (QED) is 0.598. The first-order chi connectivity index (χ1) is 13.3. The summed E-state index contributed by atoms with van der Waals surface area (Å²) in [4.78, 5) is 23.2. The van der Waals surface area contributed by atoms with E-state index in [1.54, 1.807) is 0 Å². The molecule has 2 aromatic carbocycles. The molecule has 1 heterocycles. The van der Waals surface area contributed by atoms with E-state index < -0.39 is 10.0 Å². The van der Waals surface area contributed by atoms with Crippen LogP contribution in [0.2, 0.25) is 0 Å². The van der Waals surface area contributed by atoms with Crippen LogP contribution in [-0.4, -0.2) is 26.4 Å². The third-order valence-corrected chi connectivity index (χ3v) is 6.18. The van der Waals surface area contributed by atoms with Gasteiger partial charge >= 0.3 is 0 Å². The lowest BCUT2D eigenvalue weighted by atomic mass is 10.1. The molecule has 0 saturated heterocycles. The van der Waals surface area contributed by atoms with Crippen LogP contribution in [0.5, 0.6) is 0 Å². The van der Waals surface area contributed by atoms with Crippen molar-refractivity contribution in [3.63, 3.8) is 0 Å². The number of nitrogens with one attached hydrogen (secondary N) is 2. The fourth-order valence-corrected chi connectivity index (χ4v) is 4.00. The Morgan fingerprint density at radius 1 is 1.07 bits per heavy atom. The highest BCUT2D eigenvalue weighted by atomic mass is 32.2. The summed E-state index contributed by atoms with van der Waals surface area (Å²) < 4.78 is 23.7. The summed E-state index contributed by atoms with van der Waals surface area (Å²) in [7, 11) is -2.55. The third kappa shape index (κ3) is 4.45. The fraction of sp³-hybridized carbons (Fsp3) is 0.158. The normalized spacial score (nSPS) is 11.4.